The maximum Gasteiger partial charge on any atom is 0.253 e. The SMILES string of the molecule is CN(C(=O)c1ccc(Br)cc1)[C@H]1CCC2(CCCS2)C[C@@H]1N1CCCC1. The van der Waals surface area contributed by atoms with E-state index in [4.69, 9.17) is 0 Å². The molecule has 0 bridgehead atoms. The van der Waals surface area contributed by atoms with Gasteiger partial charge in [0.25, 0.3) is 5.91 Å². The number of benzene rings is 1. The molecule has 3 aliphatic rings. The van der Waals surface area contributed by atoms with Gasteiger partial charge in [-0.2, -0.15) is 11.8 Å². The van der Waals surface area contributed by atoms with Gasteiger partial charge >= 0.3 is 0 Å². The predicted molar refractivity (Wildman–Crippen MR) is 113 cm³/mol. The smallest absolute Gasteiger partial charge is 0.253 e. The zero-order chi connectivity index (χ0) is 18.1. The topological polar surface area (TPSA) is 23.6 Å². The molecule has 1 aromatic rings. The number of likely N-dealkylation sites (tertiary alicyclic amines) is 1. The molecule has 2 aliphatic heterocycles. The van der Waals surface area contributed by atoms with Gasteiger partial charge in [-0.25, -0.2) is 0 Å². The van der Waals surface area contributed by atoms with Crippen LogP contribution in [0.1, 0.15) is 55.3 Å². The molecule has 3 fully saturated rings. The summed E-state index contributed by atoms with van der Waals surface area (Å²) in [7, 11) is 2.03. The molecule has 0 radical (unpaired) electrons. The van der Waals surface area contributed by atoms with Gasteiger partial charge in [0.05, 0.1) is 0 Å². The van der Waals surface area contributed by atoms with Crippen LogP contribution < -0.4 is 0 Å². The quantitative estimate of drug-likeness (QED) is 0.679. The molecule has 1 spiro atoms. The summed E-state index contributed by atoms with van der Waals surface area (Å²) in [6, 6.07) is 8.67. The van der Waals surface area contributed by atoms with E-state index in [1.807, 2.05) is 31.3 Å². The zero-order valence-electron chi connectivity index (χ0n) is 15.6. The Bertz CT molecular complexity index is 638. The molecule has 1 unspecified atom stereocenters. The molecule has 1 amide bonds. The van der Waals surface area contributed by atoms with Gasteiger partial charge in [-0.3, -0.25) is 9.69 Å². The Morgan fingerprint density at radius 2 is 1.92 bits per heavy atom. The summed E-state index contributed by atoms with van der Waals surface area (Å²) in [5, 5.41) is 0. The molecule has 2 saturated heterocycles. The van der Waals surface area contributed by atoms with E-state index in [9.17, 15) is 4.79 Å². The molecule has 0 N–H and O–H groups in total. The van der Waals surface area contributed by atoms with Crippen LogP contribution in [0, 0.1) is 0 Å². The van der Waals surface area contributed by atoms with Crippen LogP contribution in [-0.2, 0) is 0 Å². The van der Waals surface area contributed by atoms with Crippen molar-refractivity contribution in [3.63, 3.8) is 0 Å². The molecule has 5 heteroatoms. The summed E-state index contributed by atoms with van der Waals surface area (Å²) in [5.74, 6) is 1.49. The number of likely N-dealkylation sites (N-methyl/N-ethyl adjacent to an activating group) is 1. The third kappa shape index (κ3) is 3.72. The highest BCUT2D eigenvalue weighted by molar-refractivity contribution is 9.10. The Balaban J connectivity index is 1.54. The Morgan fingerprint density at radius 1 is 1.19 bits per heavy atom. The van der Waals surface area contributed by atoms with Crippen molar-refractivity contribution < 1.29 is 4.79 Å². The van der Waals surface area contributed by atoms with Gasteiger partial charge in [0.2, 0.25) is 0 Å². The zero-order valence-corrected chi connectivity index (χ0v) is 18.0. The first-order valence-electron chi connectivity index (χ1n) is 9.99. The molecule has 26 heavy (non-hydrogen) atoms. The molecule has 3 atom stereocenters. The second-order valence-corrected chi connectivity index (χ2v) is 10.7. The van der Waals surface area contributed by atoms with E-state index in [1.54, 1.807) is 0 Å². The van der Waals surface area contributed by atoms with Crippen molar-refractivity contribution in [3.8, 4) is 0 Å². The van der Waals surface area contributed by atoms with E-state index in [-0.39, 0.29) is 5.91 Å². The van der Waals surface area contributed by atoms with Crippen molar-refractivity contribution in [3.05, 3.63) is 34.3 Å². The van der Waals surface area contributed by atoms with Gasteiger partial charge in [0.15, 0.2) is 0 Å². The maximum absolute atomic E-state index is 13.1. The lowest BCUT2D eigenvalue weighted by Gasteiger charge is -2.48. The van der Waals surface area contributed by atoms with Crippen molar-refractivity contribution in [2.45, 2.75) is 61.8 Å². The first-order chi connectivity index (χ1) is 12.6. The van der Waals surface area contributed by atoms with Gasteiger partial charge in [-0.1, -0.05) is 15.9 Å². The highest BCUT2D eigenvalue weighted by atomic mass is 79.9. The number of carbonyl (C=O) groups excluding carboxylic acids is 1. The lowest BCUT2D eigenvalue weighted by atomic mass is 9.78. The third-order valence-corrected chi connectivity index (χ3v) is 8.83. The number of rotatable bonds is 3. The fourth-order valence-corrected chi connectivity index (χ4v) is 7.01. The minimum Gasteiger partial charge on any atom is -0.337 e. The summed E-state index contributed by atoms with van der Waals surface area (Å²) in [6.07, 6.45) is 9.05. The molecule has 142 valence electrons. The summed E-state index contributed by atoms with van der Waals surface area (Å²) < 4.78 is 1.51. The summed E-state index contributed by atoms with van der Waals surface area (Å²) in [5.41, 5.74) is 0.798. The van der Waals surface area contributed by atoms with Crippen molar-refractivity contribution in [1.29, 1.82) is 0 Å². The first kappa shape index (κ1) is 18.8. The number of carbonyl (C=O) groups is 1. The number of halogens is 1. The molecule has 2 heterocycles. The number of thioether (sulfide) groups is 1. The first-order valence-corrected chi connectivity index (χ1v) is 11.8. The van der Waals surface area contributed by atoms with Gasteiger partial charge < -0.3 is 4.90 Å². The molecule has 1 aliphatic carbocycles. The van der Waals surface area contributed by atoms with Crippen molar-refractivity contribution >= 4 is 33.6 Å². The normalized spacial score (nSPS) is 32.2. The average molecular weight is 437 g/mol. The van der Waals surface area contributed by atoms with Crippen LogP contribution in [-0.4, -0.2) is 58.4 Å². The largest absolute Gasteiger partial charge is 0.337 e. The molecule has 4 rings (SSSR count). The van der Waals surface area contributed by atoms with E-state index < -0.39 is 0 Å². The van der Waals surface area contributed by atoms with E-state index in [2.05, 4.69) is 37.5 Å². The Morgan fingerprint density at radius 3 is 2.58 bits per heavy atom. The van der Waals surface area contributed by atoms with Crippen molar-refractivity contribution in [2.24, 2.45) is 0 Å². The standard InChI is InChI=1S/C21H29BrN2OS/c1-23(20(25)16-5-7-17(22)8-6-16)18-9-11-21(10-4-14-26-21)15-19(18)24-12-2-3-13-24/h5-8,18-19H,2-4,9-15H2,1H3/t18-,19-,21?/m0/s1. The van der Waals surface area contributed by atoms with E-state index >= 15 is 0 Å². The van der Waals surface area contributed by atoms with Crippen LogP contribution in [0.15, 0.2) is 28.7 Å². The minimum absolute atomic E-state index is 0.168. The summed E-state index contributed by atoms with van der Waals surface area (Å²) in [6.45, 7) is 2.42. The summed E-state index contributed by atoms with van der Waals surface area (Å²) >= 11 is 5.68. The van der Waals surface area contributed by atoms with Crippen LogP contribution in [0.25, 0.3) is 0 Å². The van der Waals surface area contributed by atoms with E-state index in [0.717, 1.165) is 16.5 Å². The number of nitrogens with zero attached hydrogens (tertiary/aromatic N) is 2. The Kier molecular flexibility index (Phi) is 5.68. The lowest BCUT2D eigenvalue weighted by molar-refractivity contribution is 0.0441. The lowest BCUT2D eigenvalue weighted by Crippen LogP contribution is -2.57. The Hall–Kier alpha value is -0.520. The van der Waals surface area contributed by atoms with Crippen LogP contribution in [0.4, 0.5) is 0 Å². The van der Waals surface area contributed by atoms with Crippen molar-refractivity contribution in [1.82, 2.24) is 9.80 Å². The monoisotopic (exact) mass is 436 g/mol. The fraction of sp³-hybridized carbons (Fsp3) is 0.667. The molecular formula is C21H29BrN2OS. The van der Waals surface area contributed by atoms with Crippen LogP contribution in [0.3, 0.4) is 0 Å². The van der Waals surface area contributed by atoms with Gasteiger partial charge in [0, 0.05) is 33.9 Å². The predicted octanol–water partition coefficient (Wildman–Crippen LogP) is 4.80. The van der Waals surface area contributed by atoms with E-state index in [0.29, 0.717) is 16.8 Å². The van der Waals surface area contributed by atoms with Crippen LogP contribution >= 0.6 is 27.7 Å². The number of hydrogen-bond acceptors (Lipinski definition) is 3. The molecule has 1 aromatic carbocycles. The summed E-state index contributed by atoms with van der Waals surface area (Å²) in [4.78, 5) is 17.9. The Labute approximate surface area is 170 Å². The average Bonchev–Trinajstić information content (AvgIpc) is 3.34. The number of amides is 1. The highest BCUT2D eigenvalue weighted by Gasteiger charge is 2.47. The fourth-order valence-electron chi connectivity index (χ4n) is 5.18. The number of hydrogen-bond donors (Lipinski definition) is 0. The van der Waals surface area contributed by atoms with Gasteiger partial charge in [-0.05, 0) is 88.1 Å². The van der Waals surface area contributed by atoms with Crippen LogP contribution in [0.2, 0.25) is 0 Å². The molecule has 0 aromatic heterocycles. The molecular weight excluding hydrogens is 408 g/mol. The van der Waals surface area contributed by atoms with Gasteiger partial charge in [-0.15, -0.1) is 0 Å². The van der Waals surface area contributed by atoms with Gasteiger partial charge in [0.1, 0.15) is 0 Å². The molecule has 1 saturated carbocycles. The van der Waals surface area contributed by atoms with Crippen LogP contribution in [0.5, 0.6) is 0 Å². The third-order valence-electron chi connectivity index (χ3n) is 6.62. The second kappa shape index (κ2) is 7.84. The van der Waals surface area contributed by atoms with Crippen molar-refractivity contribution in [2.75, 3.05) is 25.9 Å². The minimum atomic E-state index is 0.168. The molecule has 3 nitrogen and oxygen atoms in total. The van der Waals surface area contributed by atoms with E-state index in [1.165, 1.54) is 57.4 Å². The highest BCUT2D eigenvalue weighted by Crippen LogP contribution is 2.50. The maximum atomic E-state index is 13.1. The second-order valence-electron chi connectivity index (χ2n) is 8.18.